The summed E-state index contributed by atoms with van der Waals surface area (Å²) in [5.74, 6) is 0. The van der Waals surface area contributed by atoms with Crippen LogP contribution in [0.2, 0.25) is 4.34 Å². The molecule has 0 aliphatic rings. The van der Waals surface area contributed by atoms with Crippen molar-refractivity contribution in [2.24, 2.45) is 0 Å². The molecule has 7 heteroatoms. The molecule has 15 heavy (non-hydrogen) atoms. The van der Waals surface area contributed by atoms with Crippen molar-refractivity contribution in [2.75, 3.05) is 0 Å². The Morgan fingerprint density at radius 2 is 2.07 bits per heavy atom. The maximum absolute atomic E-state index is 12.0. The zero-order valence-corrected chi connectivity index (χ0v) is 12.0. The summed E-state index contributed by atoms with van der Waals surface area (Å²) in [6, 6.07) is 1.74. The van der Waals surface area contributed by atoms with Gasteiger partial charge in [-0.1, -0.05) is 27.5 Å². The summed E-state index contributed by atoms with van der Waals surface area (Å²) in [5.41, 5.74) is 0. The van der Waals surface area contributed by atoms with Crippen molar-refractivity contribution in [2.45, 2.75) is 23.8 Å². The average Bonchev–Trinajstić information content (AvgIpc) is 2.42. The Morgan fingerprint density at radius 3 is 2.47 bits per heavy atom. The van der Waals surface area contributed by atoms with Gasteiger partial charge in [0.15, 0.2) is 0 Å². The summed E-state index contributed by atoms with van der Waals surface area (Å²) in [4.78, 5) is 0.504. The average molecular weight is 386 g/mol. The van der Waals surface area contributed by atoms with Crippen LogP contribution in [0.3, 0.4) is 0 Å². The van der Waals surface area contributed by atoms with Crippen LogP contribution in [0.15, 0.2) is 10.5 Å². The third-order valence-corrected chi connectivity index (χ3v) is 5.50. The number of halogens is 6. The molecule has 0 saturated carbocycles. The van der Waals surface area contributed by atoms with E-state index in [-0.39, 0.29) is 11.2 Å². The Hall–Kier alpha value is 0.740. The molecule has 0 fully saturated rings. The van der Waals surface area contributed by atoms with Crippen LogP contribution in [0.4, 0.5) is 13.2 Å². The Morgan fingerprint density at radius 1 is 1.47 bits per heavy atom. The highest BCUT2D eigenvalue weighted by Crippen LogP contribution is 2.41. The largest absolute Gasteiger partial charge is 0.389 e. The van der Waals surface area contributed by atoms with Gasteiger partial charge < -0.3 is 0 Å². The molecule has 1 rings (SSSR count). The molecule has 0 amide bonds. The Balaban J connectivity index is 2.58. The van der Waals surface area contributed by atoms with Crippen molar-refractivity contribution in [3.8, 4) is 0 Å². The van der Waals surface area contributed by atoms with Gasteiger partial charge in [0, 0.05) is 20.6 Å². The SMILES string of the molecule is FC(F)(F)CCC(Br)c1cc(Br)c(Cl)s1. The van der Waals surface area contributed by atoms with E-state index < -0.39 is 12.6 Å². The lowest BCUT2D eigenvalue weighted by Gasteiger charge is -2.09. The summed E-state index contributed by atoms with van der Waals surface area (Å²) in [6.45, 7) is 0. The number of rotatable bonds is 3. The van der Waals surface area contributed by atoms with Gasteiger partial charge in [0.2, 0.25) is 0 Å². The first kappa shape index (κ1) is 13.8. The molecule has 86 valence electrons. The summed E-state index contributed by atoms with van der Waals surface area (Å²) in [5, 5.41) is 0. The van der Waals surface area contributed by atoms with E-state index in [9.17, 15) is 13.2 Å². The maximum atomic E-state index is 12.0. The fourth-order valence-electron chi connectivity index (χ4n) is 0.950. The first-order valence-electron chi connectivity index (χ1n) is 3.95. The van der Waals surface area contributed by atoms with Crippen LogP contribution in [-0.4, -0.2) is 6.18 Å². The number of hydrogen-bond acceptors (Lipinski definition) is 1. The molecule has 0 aliphatic carbocycles. The topological polar surface area (TPSA) is 0 Å². The van der Waals surface area contributed by atoms with Crippen LogP contribution in [0.5, 0.6) is 0 Å². The number of hydrogen-bond donors (Lipinski definition) is 0. The number of alkyl halides is 4. The van der Waals surface area contributed by atoms with Crippen molar-refractivity contribution < 1.29 is 13.2 Å². The third kappa shape index (κ3) is 4.63. The van der Waals surface area contributed by atoms with Crippen molar-refractivity contribution >= 4 is 54.8 Å². The first-order valence-corrected chi connectivity index (χ1v) is 6.85. The lowest BCUT2D eigenvalue weighted by atomic mass is 10.2. The van der Waals surface area contributed by atoms with E-state index in [1.165, 1.54) is 11.3 Å². The van der Waals surface area contributed by atoms with Crippen molar-refractivity contribution in [1.29, 1.82) is 0 Å². The van der Waals surface area contributed by atoms with Crippen LogP contribution >= 0.6 is 54.8 Å². The summed E-state index contributed by atoms with van der Waals surface area (Å²) >= 11 is 13.5. The highest BCUT2D eigenvalue weighted by atomic mass is 79.9. The molecular formula is C8H6Br2ClF3S. The normalized spacial score (nSPS) is 14.3. The first-order chi connectivity index (χ1) is 6.79. The van der Waals surface area contributed by atoms with Crippen molar-refractivity contribution in [1.82, 2.24) is 0 Å². The zero-order valence-electron chi connectivity index (χ0n) is 7.24. The van der Waals surface area contributed by atoms with Crippen LogP contribution in [-0.2, 0) is 0 Å². The quantitative estimate of drug-likeness (QED) is 0.564. The van der Waals surface area contributed by atoms with Gasteiger partial charge in [-0.25, -0.2) is 0 Å². The van der Waals surface area contributed by atoms with Gasteiger partial charge in [0.05, 0.1) is 0 Å². The third-order valence-electron chi connectivity index (χ3n) is 1.65. The minimum absolute atomic E-state index is 0.0206. The lowest BCUT2D eigenvalue weighted by Crippen LogP contribution is -2.07. The molecule has 1 aromatic heterocycles. The standard InChI is InChI=1S/C8H6Br2ClF3S/c9-4(1-2-8(12,13)14)6-3-5(10)7(11)15-6/h3-4H,1-2H2. The second kappa shape index (κ2) is 5.38. The molecule has 1 heterocycles. The van der Waals surface area contributed by atoms with Gasteiger partial charge in [-0.05, 0) is 28.4 Å². The van der Waals surface area contributed by atoms with Crippen LogP contribution < -0.4 is 0 Å². The Kier molecular flexibility index (Phi) is 4.95. The smallest absolute Gasteiger partial charge is 0.171 e. The fourth-order valence-corrected chi connectivity index (χ4v) is 3.34. The molecule has 1 aromatic rings. The predicted molar refractivity (Wildman–Crippen MR) is 64.0 cm³/mol. The van der Waals surface area contributed by atoms with Gasteiger partial charge in [-0.2, -0.15) is 13.2 Å². The van der Waals surface area contributed by atoms with Gasteiger partial charge in [-0.3, -0.25) is 0 Å². The van der Waals surface area contributed by atoms with E-state index in [2.05, 4.69) is 31.9 Å². The molecule has 0 N–H and O–H groups in total. The van der Waals surface area contributed by atoms with Gasteiger partial charge >= 0.3 is 6.18 Å². The van der Waals surface area contributed by atoms with Crippen LogP contribution in [0, 0.1) is 0 Å². The molecule has 0 aromatic carbocycles. The van der Waals surface area contributed by atoms with E-state index in [1.54, 1.807) is 6.07 Å². The predicted octanol–water partition coefficient (Wildman–Crippen LogP) is 5.94. The summed E-state index contributed by atoms with van der Waals surface area (Å²) in [6.07, 6.45) is -4.88. The molecule has 0 radical (unpaired) electrons. The minimum Gasteiger partial charge on any atom is -0.171 e. The monoisotopic (exact) mass is 384 g/mol. The van der Waals surface area contributed by atoms with E-state index in [0.717, 1.165) is 9.35 Å². The zero-order chi connectivity index (χ0) is 11.6. The molecule has 0 nitrogen and oxygen atoms in total. The minimum atomic E-state index is -4.11. The molecular weight excluding hydrogens is 380 g/mol. The molecule has 0 aliphatic heterocycles. The fraction of sp³-hybridized carbons (Fsp3) is 0.500. The van der Waals surface area contributed by atoms with E-state index in [0.29, 0.717) is 4.34 Å². The molecule has 1 atom stereocenters. The van der Waals surface area contributed by atoms with Gasteiger partial charge in [0.25, 0.3) is 0 Å². The Bertz CT molecular complexity index is 318. The van der Waals surface area contributed by atoms with Gasteiger partial charge in [0.1, 0.15) is 4.34 Å². The summed E-state index contributed by atoms with van der Waals surface area (Å²) in [7, 11) is 0. The number of thiophene rings is 1. The van der Waals surface area contributed by atoms with Gasteiger partial charge in [-0.15, -0.1) is 11.3 Å². The molecule has 0 saturated heterocycles. The lowest BCUT2D eigenvalue weighted by molar-refractivity contribution is -0.135. The Labute approximate surface area is 111 Å². The van der Waals surface area contributed by atoms with Crippen LogP contribution in [0.25, 0.3) is 0 Å². The second-order valence-electron chi connectivity index (χ2n) is 2.89. The molecule has 0 bridgehead atoms. The second-order valence-corrected chi connectivity index (χ2v) is 6.54. The molecule has 1 unspecified atom stereocenters. The molecule has 0 spiro atoms. The van der Waals surface area contributed by atoms with Crippen molar-refractivity contribution in [3.63, 3.8) is 0 Å². The highest BCUT2D eigenvalue weighted by molar-refractivity contribution is 9.10. The van der Waals surface area contributed by atoms with E-state index >= 15 is 0 Å². The van der Waals surface area contributed by atoms with Crippen molar-refractivity contribution in [3.05, 3.63) is 19.8 Å². The summed E-state index contributed by atoms with van der Waals surface area (Å²) < 4.78 is 37.2. The van der Waals surface area contributed by atoms with E-state index in [4.69, 9.17) is 11.6 Å². The highest BCUT2D eigenvalue weighted by Gasteiger charge is 2.28. The van der Waals surface area contributed by atoms with E-state index in [1.807, 2.05) is 0 Å². The maximum Gasteiger partial charge on any atom is 0.389 e. The van der Waals surface area contributed by atoms with Crippen LogP contribution in [0.1, 0.15) is 22.5 Å².